The second kappa shape index (κ2) is 7.07. The lowest BCUT2D eigenvalue weighted by Crippen LogP contribution is -2.33. The average Bonchev–Trinajstić information content (AvgIpc) is 2.43. The van der Waals surface area contributed by atoms with Crippen LogP contribution in [0.3, 0.4) is 0 Å². The summed E-state index contributed by atoms with van der Waals surface area (Å²) >= 11 is 0. The molecule has 0 fully saturated rings. The minimum absolute atomic E-state index is 0.0733. The maximum atomic E-state index is 12.0. The van der Waals surface area contributed by atoms with Gasteiger partial charge in [0.15, 0.2) is 0 Å². The predicted octanol–water partition coefficient (Wildman–Crippen LogP) is 1.51. The van der Waals surface area contributed by atoms with Crippen molar-refractivity contribution in [1.29, 1.82) is 0 Å². The van der Waals surface area contributed by atoms with Crippen molar-refractivity contribution < 1.29 is 22.8 Å². The third kappa shape index (κ3) is 5.82. The summed E-state index contributed by atoms with van der Waals surface area (Å²) < 4.78 is 35.9. The summed E-state index contributed by atoms with van der Waals surface area (Å²) in [5.74, 6) is -1.47. The highest BCUT2D eigenvalue weighted by Crippen LogP contribution is 2.14. The second-order valence-corrected chi connectivity index (χ2v) is 4.50. The van der Waals surface area contributed by atoms with Crippen molar-refractivity contribution >= 4 is 17.5 Å². The molecule has 2 amide bonds. The normalized spacial score (nSPS) is 12.6. The van der Waals surface area contributed by atoms with E-state index in [4.69, 9.17) is 5.73 Å². The van der Waals surface area contributed by atoms with Crippen LogP contribution in [0, 0.1) is 5.92 Å². The third-order valence-corrected chi connectivity index (χ3v) is 2.67. The van der Waals surface area contributed by atoms with Crippen molar-refractivity contribution in [3.63, 3.8) is 0 Å². The van der Waals surface area contributed by atoms with Gasteiger partial charge in [0.25, 0.3) is 5.91 Å². The SMILES string of the molecule is CC(CN)C(=O)Nc1ccc(C(=O)NCC(F)(F)F)cc1. The molecule has 0 saturated carbocycles. The summed E-state index contributed by atoms with van der Waals surface area (Å²) in [6, 6.07) is 5.52. The monoisotopic (exact) mass is 303 g/mol. The Morgan fingerprint density at radius 3 is 2.29 bits per heavy atom. The van der Waals surface area contributed by atoms with Gasteiger partial charge < -0.3 is 16.4 Å². The minimum atomic E-state index is -4.46. The first-order valence-corrected chi connectivity index (χ1v) is 6.19. The van der Waals surface area contributed by atoms with Crippen molar-refractivity contribution in [2.24, 2.45) is 11.7 Å². The molecule has 1 aromatic rings. The lowest BCUT2D eigenvalue weighted by molar-refractivity contribution is -0.123. The van der Waals surface area contributed by atoms with Gasteiger partial charge in [0.05, 0.1) is 0 Å². The molecule has 1 rings (SSSR count). The van der Waals surface area contributed by atoms with Gasteiger partial charge in [-0.1, -0.05) is 6.92 Å². The Morgan fingerprint density at radius 2 is 1.81 bits per heavy atom. The largest absolute Gasteiger partial charge is 0.405 e. The van der Waals surface area contributed by atoms with Crippen LogP contribution in [-0.4, -0.2) is 31.1 Å². The molecule has 0 aromatic heterocycles. The Bertz CT molecular complexity index is 500. The van der Waals surface area contributed by atoms with E-state index in [1.54, 1.807) is 12.2 Å². The summed E-state index contributed by atoms with van der Waals surface area (Å²) in [4.78, 5) is 23.0. The molecule has 1 aromatic carbocycles. The second-order valence-electron chi connectivity index (χ2n) is 4.50. The zero-order valence-corrected chi connectivity index (χ0v) is 11.3. The van der Waals surface area contributed by atoms with Gasteiger partial charge in [0, 0.05) is 23.7 Å². The quantitative estimate of drug-likeness (QED) is 0.771. The van der Waals surface area contributed by atoms with Gasteiger partial charge in [0.1, 0.15) is 6.54 Å². The van der Waals surface area contributed by atoms with Gasteiger partial charge in [-0.2, -0.15) is 13.2 Å². The van der Waals surface area contributed by atoms with Crippen LogP contribution < -0.4 is 16.4 Å². The molecular formula is C13H16F3N3O2. The molecule has 1 unspecified atom stereocenters. The van der Waals surface area contributed by atoms with E-state index in [1.165, 1.54) is 24.3 Å². The molecular weight excluding hydrogens is 287 g/mol. The first kappa shape index (κ1) is 17.0. The van der Waals surface area contributed by atoms with E-state index < -0.39 is 18.6 Å². The maximum absolute atomic E-state index is 12.0. The van der Waals surface area contributed by atoms with Gasteiger partial charge in [-0.05, 0) is 24.3 Å². The van der Waals surface area contributed by atoms with Crippen LogP contribution in [0.1, 0.15) is 17.3 Å². The molecule has 0 bridgehead atoms. The molecule has 116 valence electrons. The Hall–Kier alpha value is -2.09. The number of amides is 2. The number of nitrogens with one attached hydrogen (secondary N) is 2. The van der Waals surface area contributed by atoms with E-state index in [-0.39, 0.29) is 23.9 Å². The number of halogens is 3. The maximum Gasteiger partial charge on any atom is 0.405 e. The van der Waals surface area contributed by atoms with Crippen LogP contribution >= 0.6 is 0 Å². The van der Waals surface area contributed by atoms with Crippen LogP contribution in [-0.2, 0) is 4.79 Å². The Kier molecular flexibility index (Phi) is 5.71. The molecule has 5 nitrogen and oxygen atoms in total. The number of carbonyl (C=O) groups is 2. The van der Waals surface area contributed by atoms with Crippen LogP contribution in [0.4, 0.5) is 18.9 Å². The van der Waals surface area contributed by atoms with Crippen LogP contribution in [0.25, 0.3) is 0 Å². The molecule has 21 heavy (non-hydrogen) atoms. The Labute approximate surface area is 119 Å². The highest BCUT2D eigenvalue weighted by Gasteiger charge is 2.27. The first-order valence-electron chi connectivity index (χ1n) is 6.19. The van der Waals surface area contributed by atoms with Gasteiger partial charge >= 0.3 is 6.18 Å². The Balaban J connectivity index is 2.61. The summed E-state index contributed by atoms with van der Waals surface area (Å²) in [7, 11) is 0. The van der Waals surface area contributed by atoms with Crippen LogP contribution in [0.5, 0.6) is 0 Å². The first-order chi connectivity index (χ1) is 9.73. The number of rotatable bonds is 5. The Morgan fingerprint density at radius 1 is 1.24 bits per heavy atom. The van der Waals surface area contributed by atoms with Crippen molar-refractivity contribution in [3.8, 4) is 0 Å². The number of nitrogens with two attached hydrogens (primary N) is 1. The van der Waals surface area contributed by atoms with Crippen molar-refractivity contribution in [3.05, 3.63) is 29.8 Å². The summed E-state index contributed by atoms with van der Waals surface area (Å²) in [5.41, 5.74) is 5.86. The summed E-state index contributed by atoms with van der Waals surface area (Å²) in [5, 5.41) is 4.34. The summed E-state index contributed by atoms with van der Waals surface area (Å²) in [6.07, 6.45) is -4.46. The molecule has 0 spiro atoms. The average molecular weight is 303 g/mol. The highest BCUT2D eigenvalue weighted by molar-refractivity contribution is 5.96. The number of anilines is 1. The van der Waals surface area contributed by atoms with Crippen LogP contribution in [0.2, 0.25) is 0 Å². The molecule has 8 heteroatoms. The fourth-order valence-electron chi connectivity index (χ4n) is 1.36. The van der Waals surface area contributed by atoms with Crippen molar-refractivity contribution in [2.75, 3.05) is 18.4 Å². The summed E-state index contributed by atoms with van der Waals surface area (Å²) in [6.45, 7) is 0.469. The van der Waals surface area contributed by atoms with Gasteiger partial charge in [-0.25, -0.2) is 0 Å². The fraction of sp³-hybridized carbons (Fsp3) is 0.385. The number of alkyl halides is 3. The number of hydrogen-bond acceptors (Lipinski definition) is 3. The van der Waals surface area contributed by atoms with Gasteiger partial charge in [-0.3, -0.25) is 9.59 Å². The molecule has 0 aliphatic heterocycles. The van der Waals surface area contributed by atoms with E-state index in [0.717, 1.165) is 0 Å². The van der Waals surface area contributed by atoms with E-state index in [0.29, 0.717) is 5.69 Å². The molecule has 0 heterocycles. The molecule has 0 saturated heterocycles. The zero-order chi connectivity index (χ0) is 16.0. The van der Waals surface area contributed by atoms with Crippen LogP contribution in [0.15, 0.2) is 24.3 Å². The van der Waals surface area contributed by atoms with Crippen molar-refractivity contribution in [1.82, 2.24) is 5.32 Å². The third-order valence-electron chi connectivity index (χ3n) is 2.67. The molecule has 0 radical (unpaired) electrons. The predicted molar refractivity (Wildman–Crippen MR) is 71.7 cm³/mol. The zero-order valence-electron chi connectivity index (χ0n) is 11.3. The number of benzene rings is 1. The standard InChI is InChI=1S/C13H16F3N3O2/c1-8(6-17)11(20)19-10-4-2-9(3-5-10)12(21)18-7-13(14,15)16/h2-5,8H,6-7,17H2,1H3,(H,18,21)(H,19,20). The lowest BCUT2D eigenvalue weighted by Gasteiger charge is -2.11. The molecule has 4 N–H and O–H groups in total. The van der Waals surface area contributed by atoms with E-state index >= 15 is 0 Å². The molecule has 0 aliphatic carbocycles. The van der Waals surface area contributed by atoms with E-state index in [1.807, 2.05) is 0 Å². The number of hydrogen-bond donors (Lipinski definition) is 3. The minimum Gasteiger partial charge on any atom is -0.343 e. The number of carbonyl (C=O) groups excluding carboxylic acids is 2. The topological polar surface area (TPSA) is 84.2 Å². The highest BCUT2D eigenvalue weighted by atomic mass is 19.4. The molecule has 0 aliphatic rings. The van der Waals surface area contributed by atoms with Gasteiger partial charge in [0.2, 0.25) is 5.91 Å². The van der Waals surface area contributed by atoms with E-state index in [9.17, 15) is 22.8 Å². The van der Waals surface area contributed by atoms with Crippen molar-refractivity contribution in [2.45, 2.75) is 13.1 Å². The lowest BCUT2D eigenvalue weighted by atomic mass is 10.1. The smallest absolute Gasteiger partial charge is 0.343 e. The van der Waals surface area contributed by atoms with Gasteiger partial charge in [-0.15, -0.1) is 0 Å². The fourth-order valence-corrected chi connectivity index (χ4v) is 1.36. The van der Waals surface area contributed by atoms with E-state index in [2.05, 4.69) is 5.32 Å². The molecule has 1 atom stereocenters.